The topological polar surface area (TPSA) is 56.2 Å². The third-order valence-electron chi connectivity index (χ3n) is 5.09. The number of carbonyl (C=O) groups excluding carboxylic acids is 1. The average Bonchev–Trinajstić information content (AvgIpc) is 3.09. The number of para-hydroxylation sites is 2. The van der Waals surface area contributed by atoms with Crippen molar-refractivity contribution in [1.82, 2.24) is 14.9 Å². The van der Waals surface area contributed by atoms with E-state index in [-0.39, 0.29) is 5.91 Å². The van der Waals surface area contributed by atoms with E-state index in [0.29, 0.717) is 18.7 Å². The number of nitrogens with one attached hydrogen (secondary N) is 1. The van der Waals surface area contributed by atoms with E-state index < -0.39 is 0 Å². The van der Waals surface area contributed by atoms with Crippen molar-refractivity contribution in [3.63, 3.8) is 0 Å². The summed E-state index contributed by atoms with van der Waals surface area (Å²) in [4.78, 5) is 16.4. The first-order valence-electron chi connectivity index (χ1n) is 10.6. The molecule has 1 aromatic heterocycles. The number of ether oxygens (including phenoxy) is 1. The van der Waals surface area contributed by atoms with Crippen LogP contribution in [-0.4, -0.2) is 28.6 Å². The van der Waals surface area contributed by atoms with Gasteiger partial charge in [0, 0.05) is 18.5 Å². The number of imidazole rings is 1. The molecule has 0 saturated carbocycles. The summed E-state index contributed by atoms with van der Waals surface area (Å²) in [6, 6.07) is 16.4. The summed E-state index contributed by atoms with van der Waals surface area (Å²) in [6.45, 7) is 9.50. The van der Waals surface area contributed by atoms with Crippen LogP contribution in [0.15, 0.2) is 60.7 Å². The molecule has 30 heavy (non-hydrogen) atoms. The van der Waals surface area contributed by atoms with Gasteiger partial charge in [-0.1, -0.05) is 42.8 Å². The molecule has 1 N–H and O–H groups in total. The van der Waals surface area contributed by atoms with Gasteiger partial charge in [0.25, 0.3) is 0 Å². The second-order valence-electron chi connectivity index (χ2n) is 7.68. The van der Waals surface area contributed by atoms with Crippen LogP contribution in [0.4, 0.5) is 0 Å². The van der Waals surface area contributed by atoms with Gasteiger partial charge in [-0.3, -0.25) is 4.79 Å². The highest BCUT2D eigenvalue weighted by atomic mass is 16.5. The maximum absolute atomic E-state index is 11.5. The molecular formula is C25H31N3O2. The first-order valence-corrected chi connectivity index (χ1v) is 10.6. The van der Waals surface area contributed by atoms with Gasteiger partial charge < -0.3 is 14.6 Å². The third kappa shape index (κ3) is 5.96. The van der Waals surface area contributed by atoms with Crippen LogP contribution >= 0.6 is 0 Å². The van der Waals surface area contributed by atoms with Gasteiger partial charge in [-0.15, -0.1) is 0 Å². The highest BCUT2D eigenvalue weighted by molar-refractivity contribution is 5.92. The van der Waals surface area contributed by atoms with E-state index >= 15 is 0 Å². The normalized spacial score (nSPS) is 10.9. The van der Waals surface area contributed by atoms with Crippen LogP contribution in [0, 0.1) is 6.92 Å². The van der Waals surface area contributed by atoms with Gasteiger partial charge in [0.2, 0.25) is 5.91 Å². The Balaban J connectivity index is 1.54. The summed E-state index contributed by atoms with van der Waals surface area (Å²) >= 11 is 0. The number of rotatable bonds is 11. The lowest BCUT2D eigenvalue weighted by atomic mass is 10.2. The molecule has 158 valence electrons. The summed E-state index contributed by atoms with van der Waals surface area (Å²) in [7, 11) is 0. The Labute approximate surface area is 178 Å². The lowest BCUT2D eigenvalue weighted by molar-refractivity contribution is -0.117. The molecule has 1 amide bonds. The van der Waals surface area contributed by atoms with E-state index in [2.05, 4.69) is 53.7 Å². The Hall–Kier alpha value is -3.08. The van der Waals surface area contributed by atoms with Gasteiger partial charge >= 0.3 is 0 Å². The maximum atomic E-state index is 11.5. The molecule has 3 aromatic rings. The Morgan fingerprint density at radius 3 is 2.63 bits per heavy atom. The smallest absolute Gasteiger partial charge is 0.246 e. The molecule has 0 atom stereocenters. The van der Waals surface area contributed by atoms with Crippen LogP contribution in [0.25, 0.3) is 11.0 Å². The van der Waals surface area contributed by atoms with Gasteiger partial charge in [0.05, 0.1) is 17.6 Å². The highest BCUT2D eigenvalue weighted by Gasteiger charge is 2.10. The zero-order valence-corrected chi connectivity index (χ0v) is 18.0. The van der Waals surface area contributed by atoms with Crippen molar-refractivity contribution in [2.45, 2.75) is 46.1 Å². The molecule has 1 heterocycles. The van der Waals surface area contributed by atoms with Crippen LogP contribution in [-0.2, 0) is 17.8 Å². The van der Waals surface area contributed by atoms with Crippen molar-refractivity contribution in [3.8, 4) is 5.75 Å². The van der Waals surface area contributed by atoms with Crippen molar-refractivity contribution in [2.75, 3.05) is 13.2 Å². The van der Waals surface area contributed by atoms with E-state index in [1.54, 1.807) is 6.92 Å². The molecule has 0 radical (unpaired) electrons. The summed E-state index contributed by atoms with van der Waals surface area (Å²) in [5.74, 6) is 1.92. The number of aromatic nitrogens is 2. The fraction of sp³-hybridized carbons (Fsp3) is 0.360. The van der Waals surface area contributed by atoms with Crippen LogP contribution in [0.1, 0.15) is 37.6 Å². The number of aryl methyl sites for hydroxylation is 2. The molecule has 0 spiro atoms. The summed E-state index contributed by atoms with van der Waals surface area (Å²) in [5.41, 5.74) is 3.95. The van der Waals surface area contributed by atoms with E-state index in [4.69, 9.17) is 9.72 Å². The van der Waals surface area contributed by atoms with E-state index in [1.807, 2.05) is 18.2 Å². The van der Waals surface area contributed by atoms with Crippen molar-refractivity contribution < 1.29 is 9.53 Å². The molecule has 0 aliphatic rings. The lowest BCUT2D eigenvalue weighted by Gasteiger charge is -2.11. The fourth-order valence-corrected chi connectivity index (χ4v) is 3.39. The molecule has 5 heteroatoms. The van der Waals surface area contributed by atoms with Crippen molar-refractivity contribution >= 4 is 16.9 Å². The molecular weight excluding hydrogens is 374 g/mol. The van der Waals surface area contributed by atoms with Crippen LogP contribution in [0.3, 0.4) is 0 Å². The van der Waals surface area contributed by atoms with Gasteiger partial charge in [0.15, 0.2) is 0 Å². The molecule has 0 bridgehead atoms. The second kappa shape index (κ2) is 10.6. The minimum atomic E-state index is -0.0645. The van der Waals surface area contributed by atoms with Crippen molar-refractivity contribution in [3.05, 3.63) is 72.1 Å². The minimum absolute atomic E-state index is 0.0645. The van der Waals surface area contributed by atoms with Crippen LogP contribution < -0.4 is 10.1 Å². The number of amides is 1. The van der Waals surface area contributed by atoms with Gasteiger partial charge in [-0.25, -0.2) is 4.98 Å². The summed E-state index contributed by atoms with van der Waals surface area (Å²) in [5, 5.41) is 2.88. The minimum Gasteiger partial charge on any atom is -0.492 e. The van der Waals surface area contributed by atoms with Gasteiger partial charge in [-0.05, 0) is 51.0 Å². The van der Waals surface area contributed by atoms with E-state index in [1.165, 1.54) is 5.56 Å². The number of unbranched alkanes of at least 4 members (excludes halogenated alkanes) is 2. The molecule has 2 aromatic carbocycles. The van der Waals surface area contributed by atoms with E-state index in [0.717, 1.165) is 54.8 Å². The SMILES string of the molecule is C=C(C)C(=O)NCCCCCc1nc2ccccc2n1CCOc1ccc(C)cc1. The number of fused-ring (bicyclic) bond motifs is 1. The van der Waals surface area contributed by atoms with Crippen LogP contribution in [0.2, 0.25) is 0 Å². The van der Waals surface area contributed by atoms with Crippen molar-refractivity contribution in [2.24, 2.45) is 0 Å². The predicted octanol–water partition coefficient (Wildman–Crippen LogP) is 4.83. The van der Waals surface area contributed by atoms with Gasteiger partial charge in [0.1, 0.15) is 18.2 Å². The first-order chi connectivity index (χ1) is 14.5. The second-order valence-corrected chi connectivity index (χ2v) is 7.68. The van der Waals surface area contributed by atoms with Gasteiger partial charge in [-0.2, -0.15) is 0 Å². The van der Waals surface area contributed by atoms with Crippen molar-refractivity contribution in [1.29, 1.82) is 0 Å². The van der Waals surface area contributed by atoms with Crippen LogP contribution in [0.5, 0.6) is 5.75 Å². The summed E-state index contributed by atoms with van der Waals surface area (Å²) in [6.07, 6.45) is 3.94. The zero-order valence-electron chi connectivity index (χ0n) is 18.0. The molecule has 0 fully saturated rings. The predicted molar refractivity (Wildman–Crippen MR) is 122 cm³/mol. The average molecular weight is 406 g/mol. The largest absolute Gasteiger partial charge is 0.492 e. The molecule has 0 saturated heterocycles. The molecule has 0 aliphatic carbocycles. The fourth-order valence-electron chi connectivity index (χ4n) is 3.39. The Morgan fingerprint density at radius 1 is 1.10 bits per heavy atom. The first kappa shape index (κ1) is 21.6. The number of nitrogens with zero attached hydrogens (tertiary/aromatic N) is 2. The number of carbonyl (C=O) groups is 1. The third-order valence-corrected chi connectivity index (χ3v) is 5.09. The Bertz CT molecular complexity index is 989. The molecule has 5 nitrogen and oxygen atoms in total. The molecule has 0 unspecified atom stereocenters. The number of hydrogen-bond acceptors (Lipinski definition) is 3. The standard InChI is InChI=1S/C25H31N3O2/c1-19(2)25(29)26-16-8-4-5-11-24-27-22-9-6-7-10-23(22)28(24)17-18-30-21-14-12-20(3)13-15-21/h6-7,9-10,12-15H,1,4-5,8,11,16-18H2,2-3H3,(H,26,29). The summed E-state index contributed by atoms with van der Waals surface area (Å²) < 4.78 is 8.21. The number of benzene rings is 2. The lowest BCUT2D eigenvalue weighted by Crippen LogP contribution is -2.24. The Morgan fingerprint density at radius 2 is 1.87 bits per heavy atom. The quantitative estimate of drug-likeness (QED) is 0.367. The van der Waals surface area contributed by atoms with E-state index in [9.17, 15) is 4.79 Å². The highest BCUT2D eigenvalue weighted by Crippen LogP contribution is 2.18. The monoisotopic (exact) mass is 405 g/mol. The molecule has 3 rings (SSSR count). The number of hydrogen-bond donors (Lipinski definition) is 1. The molecule has 0 aliphatic heterocycles. The zero-order chi connectivity index (χ0) is 21.3. The Kier molecular flexibility index (Phi) is 7.66. The maximum Gasteiger partial charge on any atom is 0.246 e.